The molecule has 7 heteroatoms. The van der Waals surface area contributed by atoms with E-state index in [1.807, 2.05) is 24.3 Å². The average Bonchev–Trinajstić information content (AvgIpc) is 2.74. The second-order valence-corrected chi connectivity index (χ2v) is 9.56. The van der Waals surface area contributed by atoms with Crippen LogP contribution in [0.4, 0.5) is 0 Å². The van der Waals surface area contributed by atoms with E-state index >= 15 is 0 Å². The fourth-order valence-corrected chi connectivity index (χ4v) is 4.94. The normalized spacial score (nSPS) is 17.2. The van der Waals surface area contributed by atoms with Crippen molar-refractivity contribution in [1.29, 1.82) is 0 Å². The minimum atomic E-state index is -3.47. The third-order valence-corrected chi connectivity index (χ3v) is 7.59. The summed E-state index contributed by atoms with van der Waals surface area (Å²) >= 11 is 0. The molecule has 0 aliphatic carbocycles. The molecule has 1 amide bonds. The fraction of sp³-hybridized carbons (Fsp3) is 0.409. The summed E-state index contributed by atoms with van der Waals surface area (Å²) in [5.41, 5.74) is 8.00. The van der Waals surface area contributed by atoms with Gasteiger partial charge in [0, 0.05) is 38.3 Å². The molecule has 3 rings (SSSR count). The first kappa shape index (κ1) is 21.5. The van der Waals surface area contributed by atoms with Crippen LogP contribution in [0.15, 0.2) is 53.4 Å². The van der Waals surface area contributed by atoms with Crippen LogP contribution in [0.3, 0.4) is 0 Å². The van der Waals surface area contributed by atoms with Gasteiger partial charge in [0.2, 0.25) is 15.9 Å². The van der Waals surface area contributed by atoms with E-state index in [4.69, 9.17) is 5.73 Å². The molecule has 0 aromatic heterocycles. The number of carbonyl (C=O) groups is 1. The standard InChI is InChI=1S/C22H29N3O3S/c1-3-17(2)19-8-10-21(11-9-19)29(27,28)25-14-12-24(13-15-25)16-18-4-6-20(7-5-18)22(23)26/h4-11,17H,3,12-16H2,1-2H3,(H2,23,26). The van der Waals surface area contributed by atoms with Crippen molar-refractivity contribution in [2.45, 2.75) is 37.6 Å². The van der Waals surface area contributed by atoms with E-state index < -0.39 is 15.9 Å². The monoisotopic (exact) mass is 415 g/mol. The maximum Gasteiger partial charge on any atom is 0.248 e. The van der Waals surface area contributed by atoms with E-state index in [-0.39, 0.29) is 0 Å². The van der Waals surface area contributed by atoms with Crippen molar-refractivity contribution in [3.05, 3.63) is 65.2 Å². The largest absolute Gasteiger partial charge is 0.366 e. The number of benzene rings is 2. The van der Waals surface area contributed by atoms with E-state index in [9.17, 15) is 13.2 Å². The number of primary amides is 1. The van der Waals surface area contributed by atoms with Crippen LogP contribution in [-0.4, -0.2) is 49.7 Å². The van der Waals surface area contributed by atoms with E-state index in [1.54, 1.807) is 28.6 Å². The summed E-state index contributed by atoms with van der Waals surface area (Å²) in [7, 11) is -3.47. The van der Waals surface area contributed by atoms with Gasteiger partial charge in [0.25, 0.3) is 0 Å². The van der Waals surface area contributed by atoms with E-state index in [0.717, 1.165) is 18.5 Å². The number of sulfonamides is 1. The van der Waals surface area contributed by atoms with Gasteiger partial charge >= 0.3 is 0 Å². The Morgan fingerprint density at radius 2 is 1.59 bits per heavy atom. The lowest BCUT2D eigenvalue weighted by atomic mass is 9.99. The molecule has 2 N–H and O–H groups in total. The first-order valence-corrected chi connectivity index (χ1v) is 11.5. The lowest BCUT2D eigenvalue weighted by Crippen LogP contribution is -2.48. The molecular formula is C22H29N3O3S. The number of hydrogen-bond acceptors (Lipinski definition) is 4. The smallest absolute Gasteiger partial charge is 0.248 e. The first-order valence-electron chi connectivity index (χ1n) is 10.0. The molecular weight excluding hydrogens is 386 g/mol. The first-order chi connectivity index (χ1) is 13.8. The quantitative estimate of drug-likeness (QED) is 0.754. The zero-order chi connectivity index (χ0) is 21.0. The molecule has 1 aliphatic heterocycles. The number of amides is 1. The number of piperazine rings is 1. The summed E-state index contributed by atoms with van der Waals surface area (Å²) in [5, 5.41) is 0. The Hall–Kier alpha value is -2.22. The van der Waals surface area contributed by atoms with Gasteiger partial charge < -0.3 is 5.73 Å². The van der Waals surface area contributed by atoms with Crippen LogP contribution in [0.2, 0.25) is 0 Å². The van der Waals surface area contributed by atoms with Crippen LogP contribution in [0, 0.1) is 0 Å². The molecule has 0 bridgehead atoms. The Morgan fingerprint density at radius 1 is 1.00 bits per heavy atom. The summed E-state index contributed by atoms with van der Waals surface area (Å²) in [6.45, 7) is 7.26. The van der Waals surface area contributed by atoms with E-state index in [1.165, 1.54) is 5.56 Å². The van der Waals surface area contributed by atoms with Crippen molar-refractivity contribution < 1.29 is 13.2 Å². The number of carbonyl (C=O) groups excluding carboxylic acids is 1. The second-order valence-electron chi connectivity index (χ2n) is 7.62. The molecule has 2 aromatic carbocycles. The molecule has 1 fully saturated rings. The SMILES string of the molecule is CCC(C)c1ccc(S(=O)(=O)N2CCN(Cc3ccc(C(N)=O)cc3)CC2)cc1. The van der Waals surface area contributed by atoms with Crippen molar-refractivity contribution >= 4 is 15.9 Å². The third kappa shape index (κ3) is 5.04. The fourth-order valence-electron chi connectivity index (χ4n) is 3.51. The van der Waals surface area contributed by atoms with Crippen molar-refractivity contribution in [3.63, 3.8) is 0 Å². The molecule has 1 unspecified atom stereocenters. The molecule has 1 aliphatic rings. The Kier molecular flexibility index (Phi) is 6.72. The highest BCUT2D eigenvalue weighted by molar-refractivity contribution is 7.89. The number of rotatable bonds is 7. The highest BCUT2D eigenvalue weighted by Gasteiger charge is 2.28. The maximum atomic E-state index is 13.0. The van der Waals surface area contributed by atoms with Gasteiger partial charge in [-0.25, -0.2) is 8.42 Å². The Labute approximate surface area is 173 Å². The molecule has 0 spiro atoms. The van der Waals surface area contributed by atoms with Crippen LogP contribution in [0.1, 0.15) is 47.7 Å². The number of hydrogen-bond donors (Lipinski definition) is 1. The average molecular weight is 416 g/mol. The van der Waals surface area contributed by atoms with E-state index in [2.05, 4.69) is 18.7 Å². The van der Waals surface area contributed by atoms with Gasteiger partial charge in [-0.05, 0) is 47.7 Å². The van der Waals surface area contributed by atoms with Crippen LogP contribution in [0.5, 0.6) is 0 Å². The van der Waals surface area contributed by atoms with Crippen molar-refractivity contribution in [2.75, 3.05) is 26.2 Å². The topological polar surface area (TPSA) is 83.7 Å². The van der Waals surface area contributed by atoms with Gasteiger partial charge in [-0.3, -0.25) is 9.69 Å². The molecule has 6 nitrogen and oxygen atoms in total. The highest BCUT2D eigenvalue weighted by Crippen LogP contribution is 2.23. The Bertz CT molecular complexity index is 932. The predicted octanol–water partition coefficient (Wildman–Crippen LogP) is 2.81. The zero-order valence-electron chi connectivity index (χ0n) is 17.0. The number of nitrogens with two attached hydrogens (primary N) is 1. The van der Waals surface area contributed by atoms with Crippen LogP contribution >= 0.6 is 0 Å². The van der Waals surface area contributed by atoms with E-state index in [0.29, 0.717) is 42.6 Å². The Balaban J connectivity index is 1.59. The molecule has 1 saturated heterocycles. The predicted molar refractivity (Wildman–Crippen MR) is 114 cm³/mol. The molecule has 1 heterocycles. The van der Waals surface area contributed by atoms with Crippen LogP contribution in [-0.2, 0) is 16.6 Å². The van der Waals surface area contributed by atoms with Crippen molar-refractivity contribution in [1.82, 2.24) is 9.21 Å². The van der Waals surface area contributed by atoms with Crippen molar-refractivity contribution in [2.24, 2.45) is 5.73 Å². The second kappa shape index (κ2) is 9.07. The zero-order valence-corrected chi connectivity index (χ0v) is 17.9. The van der Waals surface area contributed by atoms with Gasteiger partial charge in [-0.2, -0.15) is 4.31 Å². The number of nitrogens with zero attached hydrogens (tertiary/aromatic N) is 2. The van der Waals surface area contributed by atoms with Gasteiger partial charge in [0.1, 0.15) is 0 Å². The Morgan fingerprint density at radius 3 is 2.10 bits per heavy atom. The maximum absolute atomic E-state index is 13.0. The molecule has 0 saturated carbocycles. The van der Waals surface area contributed by atoms with Gasteiger partial charge in [-0.15, -0.1) is 0 Å². The third-order valence-electron chi connectivity index (χ3n) is 5.68. The summed E-state index contributed by atoms with van der Waals surface area (Å²) in [4.78, 5) is 13.7. The highest BCUT2D eigenvalue weighted by atomic mass is 32.2. The summed E-state index contributed by atoms with van der Waals surface area (Å²) in [5.74, 6) is -0.0140. The lowest BCUT2D eigenvalue weighted by Gasteiger charge is -2.34. The van der Waals surface area contributed by atoms with Gasteiger partial charge in [0.05, 0.1) is 4.90 Å². The van der Waals surface area contributed by atoms with Crippen LogP contribution in [0.25, 0.3) is 0 Å². The molecule has 1 atom stereocenters. The van der Waals surface area contributed by atoms with Crippen LogP contribution < -0.4 is 5.73 Å². The lowest BCUT2D eigenvalue weighted by molar-refractivity contribution is 0.1000. The summed E-state index contributed by atoms with van der Waals surface area (Å²) in [6.07, 6.45) is 1.03. The minimum Gasteiger partial charge on any atom is -0.366 e. The van der Waals surface area contributed by atoms with Crippen molar-refractivity contribution in [3.8, 4) is 0 Å². The molecule has 156 valence electrons. The molecule has 29 heavy (non-hydrogen) atoms. The molecule has 2 aromatic rings. The minimum absolute atomic E-state index is 0.361. The van der Waals surface area contributed by atoms with Gasteiger partial charge in [0.15, 0.2) is 0 Å². The molecule has 0 radical (unpaired) electrons. The summed E-state index contributed by atoms with van der Waals surface area (Å²) in [6, 6.07) is 14.5. The van der Waals surface area contributed by atoms with Gasteiger partial charge in [-0.1, -0.05) is 38.1 Å². The summed E-state index contributed by atoms with van der Waals surface area (Å²) < 4.78 is 27.5.